The van der Waals surface area contributed by atoms with E-state index < -0.39 is 0 Å². The van der Waals surface area contributed by atoms with E-state index in [1.54, 1.807) is 11.8 Å². The molecule has 0 aliphatic heterocycles. The lowest BCUT2D eigenvalue weighted by atomic mass is 10.1. The highest BCUT2D eigenvalue weighted by atomic mass is 16.5. The van der Waals surface area contributed by atoms with Gasteiger partial charge in [0.05, 0.1) is 18.8 Å². The molecule has 0 amide bonds. The molecule has 0 aliphatic rings. The van der Waals surface area contributed by atoms with Crippen LogP contribution in [0.5, 0.6) is 0 Å². The molecule has 0 aliphatic carbocycles. The van der Waals surface area contributed by atoms with Gasteiger partial charge in [-0.2, -0.15) is 4.68 Å². The number of aromatic nitrogens is 4. The number of methoxy groups -OCH3 is 1. The SMILES string of the molecule is CNCc1nnnn1-c1ccccc1CCOC. The first-order chi connectivity index (χ1) is 8.86. The summed E-state index contributed by atoms with van der Waals surface area (Å²) in [5.41, 5.74) is 2.17. The van der Waals surface area contributed by atoms with Crippen molar-refractivity contribution in [2.45, 2.75) is 13.0 Å². The van der Waals surface area contributed by atoms with E-state index in [2.05, 4.69) is 26.9 Å². The monoisotopic (exact) mass is 247 g/mol. The summed E-state index contributed by atoms with van der Waals surface area (Å²) >= 11 is 0. The van der Waals surface area contributed by atoms with Gasteiger partial charge in [-0.1, -0.05) is 18.2 Å². The fourth-order valence-electron chi connectivity index (χ4n) is 1.80. The number of benzene rings is 1. The number of tetrazole rings is 1. The van der Waals surface area contributed by atoms with Gasteiger partial charge in [0, 0.05) is 7.11 Å². The van der Waals surface area contributed by atoms with Crippen LogP contribution in [0.4, 0.5) is 0 Å². The molecule has 1 aromatic heterocycles. The summed E-state index contributed by atoms with van der Waals surface area (Å²) in [4.78, 5) is 0. The minimum Gasteiger partial charge on any atom is -0.384 e. The second-order valence-electron chi connectivity index (χ2n) is 3.91. The zero-order valence-corrected chi connectivity index (χ0v) is 10.6. The van der Waals surface area contributed by atoms with Crippen molar-refractivity contribution in [2.75, 3.05) is 20.8 Å². The van der Waals surface area contributed by atoms with Crippen LogP contribution in [0.2, 0.25) is 0 Å². The molecule has 0 radical (unpaired) electrons. The average molecular weight is 247 g/mol. The Morgan fingerprint density at radius 1 is 1.33 bits per heavy atom. The highest BCUT2D eigenvalue weighted by Gasteiger charge is 2.10. The smallest absolute Gasteiger partial charge is 0.170 e. The molecule has 96 valence electrons. The molecule has 0 fully saturated rings. The normalized spacial score (nSPS) is 10.8. The first-order valence-electron chi connectivity index (χ1n) is 5.86. The Hall–Kier alpha value is -1.79. The van der Waals surface area contributed by atoms with Gasteiger partial charge in [0.2, 0.25) is 0 Å². The Labute approximate surface area is 106 Å². The molecule has 2 aromatic rings. The minimum absolute atomic E-state index is 0.631. The molecule has 6 nitrogen and oxygen atoms in total. The van der Waals surface area contributed by atoms with Gasteiger partial charge in [-0.05, 0) is 35.5 Å². The fourth-order valence-corrected chi connectivity index (χ4v) is 1.80. The quantitative estimate of drug-likeness (QED) is 0.808. The predicted octanol–water partition coefficient (Wildman–Crippen LogP) is 0.571. The third-order valence-corrected chi connectivity index (χ3v) is 2.66. The number of hydrogen-bond donors (Lipinski definition) is 1. The van der Waals surface area contributed by atoms with E-state index in [9.17, 15) is 0 Å². The van der Waals surface area contributed by atoms with Gasteiger partial charge in [0.15, 0.2) is 5.82 Å². The molecule has 6 heteroatoms. The average Bonchev–Trinajstić information content (AvgIpc) is 2.85. The van der Waals surface area contributed by atoms with Crippen molar-refractivity contribution < 1.29 is 4.74 Å². The lowest BCUT2D eigenvalue weighted by molar-refractivity contribution is 0.202. The summed E-state index contributed by atoms with van der Waals surface area (Å²) < 4.78 is 6.89. The molecule has 18 heavy (non-hydrogen) atoms. The summed E-state index contributed by atoms with van der Waals surface area (Å²) in [5.74, 6) is 0.794. The highest BCUT2D eigenvalue weighted by molar-refractivity contribution is 5.40. The van der Waals surface area contributed by atoms with Crippen molar-refractivity contribution in [3.63, 3.8) is 0 Å². The molecule has 0 saturated heterocycles. The van der Waals surface area contributed by atoms with Crippen molar-refractivity contribution in [3.8, 4) is 5.69 Å². The molecular weight excluding hydrogens is 230 g/mol. The first-order valence-corrected chi connectivity index (χ1v) is 5.86. The van der Waals surface area contributed by atoms with E-state index in [1.165, 1.54) is 5.56 Å². The van der Waals surface area contributed by atoms with Crippen LogP contribution in [-0.2, 0) is 17.7 Å². The van der Waals surface area contributed by atoms with Gasteiger partial charge in [0.1, 0.15) is 0 Å². The Balaban J connectivity index is 2.33. The lowest BCUT2D eigenvalue weighted by Crippen LogP contribution is -2.13. The van der Waals surface area contributed by atoms with Crippen molar-refractivity contribution >= 4 is 0 Å². The molecule has 0 unspecified atom stereocenters. The molecule has 2 rings (SSSR count). The van der Waals surface area contributed by atoms with Crippen LogP contribution in [0.1, 0.15) is 11.4 Å². The van der Waals surface area contributed by atoms with E-state index in [1.807, 2.05) is 25.2 Å². The van der Waals surface area contributed by atoms with Crippen LogP contribution in [0, 0.1) is 0 Å². The van der Waals surface area contributed by atoms with Gasteiger partial charge >= 0.3 is 0 Å². The molecular formula is C12H17N5O. The van der Waals surface area contributed by atoms with Crippen molar-refractivity contribution in [2.24, 2.45) is 0 Å². The standard InChI is InChI=1S/C12H17N5O/c1-13-9-12-14-15-16-17(12)11-6-4-3-5-10(11)7-8-18-2/h3-6,13H,7-9H2,1-2H3. The Morgan fingerprint density at radius 3 is 2.94 bits per heavy atom. The van der Waals surface area contributed by atoms with Gasteiger partial charge < -0.3 is 10.1 Å². The summed E-state index contributed by atoms with van der Waals surface area (Å²) in [6, 6.07) is 8.08. The second kappa shape index (κ2) is 6.23. The molecule has 0 bridgehead atoms. The number of rotatable bonds is 6. The molecule has 0 saturated carbocycles. The van der Waals surface area contributed by atoms with Gasteiger partial charge in [-0.25, -0.2) is 0 Å². The molecule has 0 spiro atoms. The van der Waals surface area contributed by atoms with Gasteiger partial charge in [0.25, 0.3) is 0 Å². The van der Waals surface area contributed by atoms with Gasteiger partial charge in [-0.15, -0.1) is 5.10 Å². The maximum atomic E-state index is 5.12. The number of nitrogens with zero attached hydrogens (tertiary/aromatic N) is 4. The minimum atomic E-state index is 0.631. The van der Waals surface area contributed by atoms with Crippen molar-refractivity contribution in [1.82, 2.24) is 25.5 Å². The highest BCUT2D eigenvalue weighted by Crippen LogP contribution is 2.15. The Morgan fingerprint density at radius 2 is 2.17 bits per heavy atom. The molecule has 0 atom stereocenters. The van der Waals surface area contributed by atoms with Crippen molar-refractivity contribution in [3.05, 3.63) is 35.7 Å². The van der Waals surface area contributed by atoms with Crippen LogP contribution in [0.15, 0.2) is 24.3 Å². The summed E-state index contributed by atoms with van der Waals surface area (Å²) in [6.45, 7) is 1.31. The molecule has 1 aromatic carbocycles. The second-order valence-corrected chi connectivity index (χ2v) is 3.91. The van der Waals surface area contributed by atoms with E-state index in [0.717, 1.165) is 17.9 Å². The summed E-state index contributed by atoms with van der Waals surface area (Å²) in [6.07, 6.45) is 0.839. The van der Waals surface area contributed by atoms with Crippen molar-refractivity contribution in [1.29, 1.82) is 0 Å². The van der Waals surface area contributed by atoms with E-state index in [0.29, 0.717) is 13.2 Å². The fraction of sp³-hybridized carbons (Fsp3) is 0.417. The number of nitrogens with one attached hydrogen (secondary N) is 1. The van der Waals surface area contributed by atoms with E-state index in [-0.39, 0.29) is 0 Å². The maximum Gasteiger partial charge on any atom is 0.170 e. The van der Waals surface area contributed by atoms with E-state index in [4.69, 9.17) is 4.74 Å². The number of ether oxygens (including phenoxy) is 1. The summed E-state index contributed by atoms with van der Waals surface area (Å²) in [7, 11) is 3.57. The maximum absolute atomic E-state index is 5.12. The molecule has 1 heterocycles. The predicted molar refractivity (Wildman–Crippen MR) is 67.5 cm³/mol. The zero-order valence-electron chi connectivity index (χ0n) is 10.6. The third kappa shape index (κ3) is 2.72. The largest absolute Gasteiger partial charge is 0.384 e. The first kappa shape index (κ1) is 12.7. The number of hydrogen-bond acceptors (Lipinski definition) is 5. The van der Waals surface area contributed by atoms with E-state index >= 15 is 0 Å². The Bertz CT molecular complexity index is 497. The van der Waals surface area contributed by atoms with Crippen LogP contribution in [0.3, 0.4) is 0 Å². The van der Waals surface area contributed by atoms with Gasteiger partial charge in [-0.3, -0.25) is 0 Å². The topological polar surface area (TPSA) is 64.9 Å². The van der Waals surface area contributed by atoms with Crippen LogP contribution < -0.4 is 5.32 Å². The zero-order chi connectivity index (χ0) is 12.8. The molecule has 1 N–H and O–H groups in total. The van der Waals surface area contributed by atoms with Crippen LogP contribution in [-0.4, -0.2) is 41.0 Å². The third-order valence-electron chi connectivity index (χ3n) is 2.66. The lowest BCUT2D eigenvalue weighted by Gasteiger charge is -2.10. The Kier molecular flexibility index (Phi) is 4.38. The summed E-state index contributed by atoms with van der Waals surface area (Å²) in [5, 5.41) is 14.8. The number of para-hydroxylation sites is 1. The van der Waals surface area contributed by atoms with Crippen LogP contribution >= 0.6 is 0 Å². The van der Waals surface area contributed by atoms with Crippen LogP contribution in [0.25, 0.3) is 5.69 Å².